The Labute approximate surface area is 100 Å². The molecule has 15 heavy (non-hydrogen) atoms. The van der Waals surface area contributed by atoms with E-state index in [1.165, 1.54) is 4.31 Å². The maximum Gasteiger partial charge on any atom is 0.224 e. The lowest BCUT2D eigenvalue weighted by atomic mass is 10.1. The summed E-state index contributed by atoms with van der Waals surface area (Å²) >= 11 is 3.01. The summed E-state index contributed by atoms with van der Waals surface area (Å²) in [6.07, 6.45) is 2.91. The van der Waals surface area contributed by atoms with Crippen LogP contribution in [0.15, 0.2) is 0 Å². The van der Waals surface area contributed by atoms with Crippen LogP contribution >= 0.6 is 15.9 Å². The molecule has 1 saturated heterocycles. The number of nitrogens with zero attached hydrogens (tertiary/aromatic N) is 1. The number of alkyl halides is 1. The van der Waals surface area contributed by atoms with Crippen LogP contribution in [0.4, 0.5) is 0 Å². The molecule has 0 radical (unpaired) electrons. The van der Waals surface area contributed by atoms with Crippen LogP contribution in [-0.2, 0) is 14.8 Å². The normalized spacial score (nSPS) is 24.3. The second-order valence-electron chi connectivity index (χ2n) is 3.71. The molecule has 0 spiro atoms. The van der Waals surface area contributed by atoms with Crippen molar-refractivity contribution in [1.29, 1.82) is 0 Å². The van der Waals surface area contributed by atoms with Crippen molar-refractivity contribution in [2.24, 2.45) is 0 Å². The molecule has 1 fully saturated rings. The fraction of sp³-hybridized carbons (Fsp3) is 1.00. The molecule has 0 aliphatic carbocycles. The molecule has 90 valence electrons. The van der Waals surface area contributed by atoms with E-state index in [1.54, 1.807) is 0 Å². The number of ether oxygens (including phenoxy) is 1. The first-order valence-electron chi connectivity index (χ1n) is 5.25. The number of hydrogen-bond donors (Lipinski definition) is 0. The zero-order valence-corrected chi connectivity index (χ0v) is 11.4. The Bertz CT molecular complexity index is 281. The Kier molecular flexibility index (Phi) is 5.52. The number of halogens is 1. The Morgan fingerprint density at radius 1 is 1.53 bits per heavy atom. The molecule has 1 aliphatic heterocycles. The molecule has 4 nitrogen and oxygen atoms in total. The third-order valence-electron chi connectivity index (χ3n) is 2.43. The van der Waals surface area contributed by atoms with Gasteiger partial charge in [0.2, 0.25) is 10.0 Å². The summed E-state index contributed by atoms with van der Waals surface area (Å²) in [5.41, 5.74) is 0. The van der Waals surface area contributed by atoms with Crippen molar-refractivity contribution in [3.8, 4) is 0 Å². The lowest BCUT2D eigenvalue weighted by Gasteiger charge is -2.31. The minimum absolute atomic E-state index is 0.000494. The molecule has 0 aromatic rings. The van der Waals surface area contributed by atoms with Gasteiger partial charge in [-0.05, 0) is 19.3 Å². The van der Waals surface area contributed by atoms with Crippen LogP contribution in [0, 0.1) is 0 Å². The monoisotopic (exact) mass is 299 g/mol. The summed E-state index contributed by atoms with van der Waals surface area (Å²) in [4.78, 5) is 0. The molecule has 0 aromatic heterocycles. The third-order valence-corrected chi connectivity index (χ3v) is 5.56. The first-order valence-corrected chi connectivity index (χ1v) is 7.98. The van der Waals surface area contributed by atoms with Crippen LogP contribution < -0.4 is 0 Å². The predicted molar refractivity (Wildman–Crippen MR) is 63.6 cm³/mol. The van der Waals surface area contributed by atoms with E-state index in [-0.39, 0.29) is 10.8 Å². The third kappa shape index (κ3) is 4.01. The van der Waals surface area contributed by atoms with Crippen LogP contribution in [0.1, 0.15) is 26.2 Å². The second kappa shape index (κ2) is 6.18. The lowest BCUT2D eigenvalue weighted by molar-refractivity contribution is 0.0194. The Morgan fingerprint density at radius 2 is 2.27 bits per heavy atom. The van der Waals surface area contributed by atoms with Gasteiger partial charge < -0.3 is 4.74 Å². The number of piperidine rings is 1. The maximum atomic E-state index is 11.6. The van der Waals surface area contributed by atoms with Crippen molar-refractivity contribution in [2.75, 3.05) is 24.4 Å². The Hall–Kier alpha value is 0.350. The van der Waals surface area contributed by atoms with E-state index in [0.29, 0.717) is 19.7 Å². The molecule has 0 amide bonds. The molecule has 1 rings (SSSR count). The van der Waals surface area contributed by atoms with Gasteiger partial charge in [0.1, 0.15) is 4.66 Å². The molecule has 1 atom stereocenters. The lowest BCUT2D eigenvalue weighted by Crippen LogP contribution is -2.43. The van der Waals surface area contributed by atoms with Crippen molar-refractivity contribution in [3.05, 3.63) is 0 Å². The zero-order chi connectivity index (χ0) is 11.3. The first-order chi connectivity index (χ1) is 7.10. The first kappa shape index (κ1) is 13.4. The number of rotatable bonds is 5. The van der Waals surface area contributed by atoms with Crippen LogP contribution in [0.25, 0.3) is 0 Å². The maximum absolute atomic E-state index is 11.6. The summed E-state index contributed by atoms with van der Waals surface area (Å²) in [7, 11) is -3.11. The molecule has 0 aromatic carbocycles. The summed E-state index contributed by atoms with van der Waals surface area (Å²) in [6, 6.07) is 0. The van der Waals surface area contributed by atoms with Crippen LogP contribution in [0.3, 0.4) is 0 Å². The topological polar surface area (TPSA) is 46.6 Å². The van der Waals surface area contributed by atoms with Gasteiger partial charge in [0, 0.05) is 19.7 Å². The van der Waals surface area contributed by atoms with Crippen molar-refractivity contribution >= 4 is 26.0 Å². The van der Waals surface area contributed by atoms with Crippen molar-refractivity contribution in [1.82, 2.24) is 4.31 Å². The quantitative estimate of drug-likeness (QED) is 0.724. The molecule has 1 aliphatic rings. The minimum atomic E-state index is -3.11. The fourth-order valence-corrected chi connectivity index (χ4v) is 3.45. The average Bonchev–Trinajstić information content (AvgIpc) is 2.27. The Morgan fingerprint density at radius 3 is 2.87 bits per heavy atom. The largest absolute Gasteiger partial charge is 0.377 e. The van der Waals surface area contributed by atoms with Gasteiger partial charge in [0.25, 0.3) is 0 Å². The number of hydrogen-bond acceptors (Lipinski definition) is 3. The van der Waals surface area contributed by atoms with Crippen LogP contribution in [0.2, 0.25) is 0 Å². The van der Waals surface area contributed by atoms with Crippen molar-refractivity contribution in [3.63, 3.8) is 0 Å². The minimum Gasteiger partial charge on any atom is -0.377 e. The van der Waals surface area contributed by atoms with E-state index in [4.69, 9.17) is 4.74 Å². The van der Waals surface area contributed by atoms with E-state index < -0.39 is 10.0 Å². The number of sulfonamides is 1. The molecule has 1 heterocycles. The van der Waals surface area contributed by atoms with Gasteiger partial charge in [-0.15, -0.1) is 0 Å². The summed E-state index contributed by atoms with van der Waals surface area (Å²) < 4.78 is 30.3. The van der Waals surface area contributed by atoms with Gasteiger partial charge >= 0.3 is 0 Å². The van der Waals surface area contributed by atoms with E-state index in [1.807, 2.05) is 0 Å². The highest BCUT2D eigenvalue weighted by molar-refractivity contribution is 9.10. The van der Waals surface area contributed by atoms with E-state index >= 15 is 0 Å². The van der Waals surface area contributed by atoms with Gasteiger partial charge in [-0.2, -0.15) is 4.31 Å². The van der Waals surface area contributed by atoms with E-state index in [0.717, 1.165) is 19.3 Å². The van der Waals surface area contributed by atoms with Gasteiger partial charge in [0.05, 0.1) is 6.10 Å². The smallest absolute Gasteiger partial charge is 0.224 e. The van der Waals surface area contributed by atoms with Gasteiger partial charge in [0.15, 0.2) is 0 Å². The molecular formula is C9H18BrNO3S. The molecule has 0 saturated carbocycles. The van der Waals surface area contributed by atoms with Gasteiger partial charge in [-0.25, -0.2) is 8.42 Å². The van der Waals surface area contributed by atoms with Gasteiger partial charge in [-0.1, -0.05) is 22.9 Å². The predicted octanol–water partition coefficient (Wildman–Crippen LogP) is 1.56. The molecular weight excluding hydrogens is 282 g/mol. The fourth-order valence-electron chi connectivity index (χ4n) is 1.65. The van der Waals surface area contributed by atoms with Crippen molar-refractivity contribution in [2.45, 2.75) is 32.3 Å². The summed E-state index contributed by atoms with van der Waals surface area (Å²) in [5, 5.41) is 0. The SMILES string of the molecule is CCCOC1CCCN(S(=O)(=O)CBr)C1. The molecule has 0 N–H and O–H groups in total. The van der Waals surface area contributed by atoms with Gasteiger partial charge in [-0.3, -0.25) is 0 Å². The van der Waals surface area contributed by atoms with Crippen LogP contribution in [-0.4, -0.2) is 43.2 Å². The molecule has 0 bridgehead atoms. The highest BCUT2D eigenvalue weighted by atomic mass is 79.9. The van der Waals surface area contributed by atoms with Crippen LogP contribution in [0.5, 0.6) is 0 Å². The molecule has 1 unspecified atom stereocenters. The van der Waals surface area contributed by atoms with Crippen molar-refractivity contribution < 1.29 is 13.2 Å². The average molecular weight is 300 g/mol. The summed E-state index contributed by atoms with van der Waals surface area (Å²) in [5.74, 6) is 0. The summed E-state index contributed by atoms with van der Waals surface area (Å²) in [6.45, 7) is 3.90. The second-order valence-corrected chi connectivity index (χ2v) is 6.99. The van der Waals surface area contributed by atoms with E-state index in [2.05, 4.69) is 22.9 Å². The highest BCUT2D eigenvalue weighted by Crippen LogP contribution is 2.17. The Balaban J connectivity index is 2.49. The molecule has 6 heteroatoms. The van der Waals surface area contributed by atoms with E-state index in [9.17, 15) is 8.42 Å². The zero-order valence-electron chi connectivity index (χ0n) is 8.99. The standard InChI is InChI=1S/C9H18BrNO3S/c1-2-6-14-9-4-3-5-11(7-9)15(12,13)8-10/h9H,2-8H2,1H3. The highest BCUT2D eigenvalue weighted by Gasteiger charge is 2.28.